The lowest BCUT2D eigenvalue weighted by Crippen LogP contribution is -2.50. The van der Waals surface area contributed by atoms with Crippen molar-refractivity contribution in [2.75, 3.05) is 13.1 Å². The Kier molecular flexibility index (Phi) is 3.64. The fraction of sp³-hybridized carbons (Fsp3) is 0.923. The molecule has 0 amide bonds. The van der Waals surface area contributed by atoms with Gasteiger partial charge in [0.25, 0.3) is 0 Å². The summed E-state index contributed by atoms with van der Waals surface area (Å²) in [5.41, 5.74) is 0. The minimum absolute atomic E-state index is 0.706. The van der Waals surface area contributed by atoms with Crippen LogP contribution in [-0.2, 0) is 0 Å². The van der Waals surface area contributed by atoms with Gasteiger partial charge in [-0.1, -0.05) is 19.8 Å². The van der Waals surface area contributed by atoms with Crippen LogP contribution in [0.15, 0.2) is 0 Å². The van der Waals surface area contributed by atoms with Gasteiger partial charge >= 0.3 is 0 Å². The quantitative estimate of drug-likeness (QED) is 0.694. The van der Waals surface area contributed by atoms with E-state index in [1.807, 2.05) is 0 Å². The number of hydrogen-bond donors (Lipinski definition) is 0. The normalized spacial score (nSPS) is 36.9. The molecule has 2 nitrogen and oxygen atoms in total. The molecule has 0 aromatic rings. The zero-order valence-corrected chi connectivity index (χ0v) is 9.78. The molecular formula is C13H22N2. The molecule has 0 N–H and O–H groups in total. The number of nitrogens with zero attached hydrogens (tertiary/aromatic N) is 2. The van der Waals surface area contributed by atoms with Crippen LogP contribution >= 0.6 is 0 Å². The van der Waals surface area contributed by atoms with E-state index in [4.69, 9.17) is 5.26 Å². The maximum absolute atomic E-state index is 8.67. The molecule has 0 bridgehead atoms. The first kappa shape index (κ1) is 11.0. The summed E-state index contributed by atoms with van der Waals surface area (Å²) in [7, 11) is 0. The van der Waals surface area contributed by atoms with Crippen molar-refractivity contribution in [3.63, 3.8) is 0 Å². The number of rotatable bonds is 2. The summed E-state index contributed by atoms with van der Waals surface area (Å²) >= 11 is 0. The van der Waals surface area contributed by atoms with Crippen molar-refractivity contribution in [2.45, 2.75) is 51.5 Å². The number of hydrogen-bond acceptors (Lipinski definition) is 2. The summed E-state index contributed by atoms with van der Waals surface area (Å²) in [6.45, 7) is 4.65. The third-order valence-electron chi connectivity index (χ3n) is 4.36. The van der Waals surface area contributed by atoms with E-state index in [-0.39, 0.29) is 0 Å². The molecule has 1 aliphatic heterocycles. The van der Waals surface area contributed by atoms with Crippen LogP contribution in [0.3, 0.4) is 0 Å². The molecule has 3 atom stereocenters. The van der Waals surface area contributed by atoms with Crippen LogP contribution < -0.4 is 0 Å². The lowest BCUT2D eigenvalue weighted by Gasteiger charge is -2.47. The molecule has 0 aromatic heterocycles. The van der Waals surface area contributed by atoms with Gasteiger partial charge in [-0.2, -0.15) is 5.26 Å². The summed E-state index contributed by atoms with van der Waals surface area (Å²) in [4.78, 5) is 2.59. The monoisotopic (exact) mass is 206 g/mol. The van der Waals surface area contributed by atoms with Gasteiger partial charge in [0.15, 0.2) is 0 Å². The van der Waals surface area contributed by atoms with Gasteiger partial charge in [-0.3, -0.25) is 4.90 Å². The minimum Gasteiger partial charge on any atom is -0.299 e. The Morgan fingerprint density at radius 1 is 1.27 bits per heavy atom. The fourth-order valence-electron chi connectivity index (χ4n) is 3.48. The summed E-state index contributed by atoms with van der Waals surface area (Å²) in [6, 6.07) is 3.08. The van der Waals surface area contributed by atoms with Gasteiger partial charge in [0.05, 0.1) is 6.07 Å². The highest BCUT2D eigenvalue weighted by Gasteiger charge is 2.36. The average molecular weight is 206 g/mol. The minimum atomic E-state index is 0.706. The molecule has 1 aliphatic carbocycles. The molecule has 0 aromatic carbocycles. The molecule has 15 heavy (non-hydrogen) atoms. The molecule has 1 saturated carbocycles. The van der Waals surface area contributed by atoms with Crippen LogP contribution in [-0.4, -0.2) is 24.0 Å². The first-order valence-corrected chi connectivity index (χ1v) is 6.44. The molecule has 0 unspecified atom stereocenters. The Hall–Kier alpha value is -0.550. The highest BCUT2D eigenvalue weighted by atomic mass is 15.2. The van der Waals surface area contributed by atoms with Crippen molar-refractivity contribution in [1.82, 2.24) is 4.90 Å². The van der Waals surface area contributed by atoms with E-state index in [9.17, 15) is 0 Å². The van der Waals surface area contributed by atoms with Gasteiger partial charge in [-0.25, -0.2) is 0 Å². The van der Waals surface area contributed by atoms with Gasteiger partial charge in [0.2, 0.25) is 0 Å². The maximum Gasteiger partial charge on any atom is 0.0635 e. The summed E-state index contributed by atoms with van der Waals surface area (Å²) < 4.78 is 0. The predicted molar refractivity (Wildman–Crippen MR) is 61.3 cm³/mol. The van der Waals surface area contributed by atoms with Crippen molar-refractivity contribution in [1.29, 1.82) is 5.26 Å². The molecule has 2 rings (SSSR count). The van der Waals surface area contributed by atoms with Crippen molar-refractivity contribution >= 4 is 0 Å². The molecule has 2 aliphatic rings. The first-order chi connectivity index (χ1) is 7.33. The average Bonchev–Trinajstić information content (AvgIpc) is 2.29. The Bertz CT molecular complexity index is 243. The second-order valence-corrected chi connectivity index (χ2v) is 5.23. The zero-order valence-electron chi connectivity index (χ0n) is 9.78. The van der Waals surface area contributed by atoms with E-state index in [2.05, 4.69) is 17.9 Å². The Labute approximate surface area is 93.3 Å². The SMILES string of the molecule is C[C@@H]1CCN(CCC#N)[C@H]2CCCC[C@H]12. The highest BCUT2D eigenvalue weighted by Crippen LogP contribution is 2.38. The summed E-state index contributed by atoms with van der Waals surface area (Å²) in [5.74, 6) is 1.83. The van der Waals surface area contributed by atoms with E-state index < -0.39 is 0 Å². The topological polar surface area (TPSA) is 27.0 Å². The number of nitriles is 1. The number of piperidine rings is 1. The van der Waals surface area contributed by atoms with E-state index in [0.29, 0.717) is 6.42 Å². The van der Waals surface area contributed by atoms with E-state index in [1.54, 1.807) is 0 Å². The van der Waals surface area contributed by atoms with Gasteiger partial charge in [0.1, 0.15) is 0 Å². The Morgan fingerprint density at radius 2 is 2.07 bits per heavy atom. The smallest absolute Gasteiger partial charge is 0.0635 e. The van der Waals surface area contributed by atoms with Crippen LogP contribution in [0.4, 0.5) is 0 Å². The van der Waals surface area contributed by atoms with Gasteiger partial charge in [-0.15, -0.1) is 0 Å². The molecule has 0 radical (unpaired) electrons. The lowest BCUT2D eigenvalue weighted by molar-refractivity contribution is 0.0274. The molecule has 0 spiro atoms. The van der Waals surface area contributed by atoms with Crippen LogP contribution in [0.25, 0.3) is 0 Å². The third kappa shape index (κ3) is 2.34. The molecule has 84 valence electrons. The highest BCUT2D eigenvalue weighted by molar-refractivity contribution is 4.91. The molecule has 1 saturated heterocycles. The second kappa shape index (κ2) is 4.99. The van der Waals surface area contributed by atoms with E-state index in [1.165, 1.54) is 38.6 Å². The van der Waals surface area contributed by atoms with Crippen molar-refractivity contribution in [3.05, 3.63) is 0 Å². The van der Waals surface area contributed by atoms with Crippen LogP contribution in [0.2, 0.25) is 0 Å². The van der Waals surface area contributed by atoms with Crippen LogP contribution in [0.5, 0.6) is 0 Å². The summed E-state index contributed by atoms with van der Waals surface area (Å²) in [5, 5.41) is 8.67. The van der Waals surface area contributed by atoms with E-state index >= 15 is 0 Å². The lowest BCUT2D eigenvalue weighted by atomic mass is 9.72. The van der Waals surface area contributed by atoms with Gasteiger partial charge < -0.3 is 0 Å². The number of fused-ring (bicyclic) bond motifs is 1. The maximum atomic E-state index is 8.67. The second-order valence-electron chi connectivity index (χ2n) is 5.23. The van der Waals surface area contributed by atoms with Gasteiger partial charge in [0, 0.05) is 19.0 Å². The Balaban J connectivity index is 1.98. The van der Waals surface area contributed by atoms with Crippen molar-refractivity contribution < 1.29 is 0 Å². The standard InChI is InChI=1S/C13H22N2/c1-11-7-10-15(9-4-8-14)13-6-3-2-5-12(11)13/h11-13H,2-7,9-10H2,1H3/t11-,12-,13+/m1/s1. The van der Waals surface area contributed by atoms with E-state index in [0.717, 1.165) is 24.4 Å². The molecule has 1 heterocycles. The molecular weight excluding hydrogens is 184 g/mol. The predicted octanol–water partition coefficient (Wildman–Crippen LogP) is 2.80. The molecule has 2 fully saturated rings. The molecule has 2 heteroatoms. The van der Waals surface area contributed by atoms with Gasteiger partial charge in [-0.05, 0) is 37.6 Å². The first-order valence-electron chi connectivity index (χ1n) is 6.44. The van der Waals surface area contributed by atoms with Crippen molar-refractivity contribution in [2.24, 2.45) is 11.8 Å². The van der Waals surface area contributed by atoms with Crippen LogP contribution in [0, 0.1) is 23.2 Å². The summed E-state index contributed by atoms with van der Waals surface area (Å²) in [6.07, 6.45) is 7.67. The third-order valence-corrected chi connectivity index (χ3v) is 4.36. The largest absolute Gasteiger partial charge is 0.299 e. The number of likely N-dealkylation sites (tertiary alicyclic amines) is 1. The van der Waals surface area contributed by atoms with Crippen molar-refractivity contribution in [3.8, 4) is 6.07 Å². The Morgan fingerprint density at radius 3 is 2.87 bits per heavy atom. The fourth-order valence-corrected chi connectivity index (χ4v) is 3.48. The van der Waals surface area contributed by atoms with Crippen LogP contribution in [0.1, 0.15) is 45.4 Å². The zero-order chi connectivity index (χ0) is 10.7.